The maximum atomic E-state index is 10.7. The van der Waals surface area contributed by atoms with Crippen LogP contribution in [0.15, 0.2) is 18.4 Å². The highest BCUT2D eigenvalue weighted by Gasteiger charge is 2.22. The summed E-state index contributed by atoms with van der Waals surface area (Å²) in [6, 6.07) is 2.04. The largest absolute Gasteiger partial charge is 0.508 e. The summed E-state index contributed by atoms with van der Waals surface area (Å²) >= 11 is 0. The Morgan fingerprint density at radius 3 is 2.82 bits per heavy atom. The number of aromatic hydroxyl groups is 1. The number of benzene rings is 1. The standard InChI is InChI=1S/C10H9NO6/c1-2-16-10-8(11(14)15)5-7(13)6-9(10)17-4-3-12/h4-6,13H,2H2,1H3. The molecule has 0 amide bonds. The lowest BCUT2D eigenvalue weighted by molar-refractivity contribution is -0.386. The number of phenols is 1. The Hall–Kier alpha value is -2.53. The molecule has 0 aliphatic carbocycles. The van der Waals surface area contributed by atoms with Gasteiger partial charge in [0.05, 0.1) is 17.6 Å². The molecule has 1 N–H and O–H groups in total. The summed E-state index contributed by atoms with van der Waals surface area (Å²) in [6.07, 6.45) is 0.668. The first-order valence-electron chi connectivity index (χ1n) is 4.60. The molecular formula is C10H9NO6. The van der Waals surface area contributed by atoms with Gasteiger partial charge in [-0.25, -0.2) is 4.79 Å². The molecule has 0 spiro atoms. The number of nitro benzene ring substituents is 1. The van der Waals surface area contributed by atoms with Crippen LogP contribution in [-0.4, -0.2) is 22.6 Å². The van der Waals surface area contributed by atoms with E-state index in [0.29, 0.717) is 6.26 Å². The smallest absolute Gasteiger partial charge is 0.318 e. The molecule has 0 fully saturated rings. The van der Waals surface area contributed by atoms with E-state index >= 15 is 0 Å². The number of nitro groups is 1. The van der Waals surface area contributed by atoms with E-state index in [9.17, 15) is 20.0 Å². The highest BCUT2D eigenvalue weighted by atomic mass is 16.6. The molecule has 0 aliphatic rings. The van der Waals surface area contributed by atoms with Gasteiger partial charge in [0.15, 0.2) is 18.0 Å². The van der Waals surface area contributed by atoms with Gasteiger partial charge in [-0.2, -0.15) is 0 Å². The maximum Gasteiger partial charge on any atom is 0.318 e. The number of hydrogen-bond acceptors (Lipinski definition) is 6. The average molecular weight is 239 g/mol. The van der Waals surface area contributed by atoms with Crippen LogP contribution in [0.25, 0.3) is 0 Å². The van der Waals surface area contributed by atoms with E-state index in [2.05, 4.69) is 0 Å². The fourth-order valence-electron chi connectivity index (χ4n) is 1.17. The molecule has 7 heteroatoms. The van der Waals surface area contributed by atoms with Crippen molar-refractivity contribution in [2.75, 3.05) is 6.61 Å². The highest BCUT2D eigenvalue weighted by Crippen LogP contribution is 2.40. The molecule has 0 saturated carbocycles. The molecule has 7 nitrogen and oxygen atoms in total. The molecule has 1 rings (SSSR count). The van der Waals surface area contributed by atoms with Crippen LogP contribution in [-0.2, 0) is 4.79 Å². The van der Waals surface area contributed by atoms with Gasteiger partial charge in [-0.15, -0.1) is 0 Å². The van der Waals surface area contributed by atoms with Crippen LogP contribution in [0.4, 0.5) is 5.69 Å². The van der Waals surface area contributed by atoms with Crippen molar-refractivity contribution in [3.8, 4) is 17.2 Å². The van der Waals surface area contributed by atoms with Gasteiger partial charge in [-0.1, -0.05) is 0 Å². The van der Waals surface area contributed by atoms with Gasteiger partial charge in [0.1, 0.15) is 5.75 Å². The molecule has 0 aliphatic heterocycles. The van der Waals surface area contributed by atoms with E-state index in [1.807, 2.05) is 0 Å². The maximum absolute atomic E-state index is 10.7. The molecular weight excluding hydrogens is 230 g/mol. The number of carbonyl (C=O) groups excluding carboxylic acids is 1. The minimum absolute atomic E-state index is 0.123. The fraction of sp³-hybridized carbons (Fsp3) is 0.200. The van der Waals surface area contributed by atoms with Crippen LogP contribution >= 0.6 is 0 Å². The molecule has 1 aromatic rings. The topological polar surface area (TPSA) is 98.9 Å². The highest BCUT2D eigenvalue weighted by molar-refractivity contribution is 5.60. The van der Waals surface area contributed by atoms with Crippen molar-refractivity contribution in [2.45, 2.75) is 6.92 Å². The zero-order chi connectivity index (χ0) is 12.8. The quantitative estimate of drug-likeness (QED) is 0.361. The molecule has 0 heterocycles. The Kier molecular flexibility index (Phi) is 4.08. The zero-order valence-corrected chi connectivity index (χ0v) is 8.87. The molecule has 0 saturated heterocycles. The predicted octanol–water partition coefficient (Wildman–Crippen LogP) is 1.42. The summed E-state index contributed by atoms with van der Waals surface area (Å²) < 4.78 is 9.83. The lowest BCUT2D eigenvalue weighted by Gasteiger charge is -2.09. The first-order valence-corrected chi connectivity index (χ1v) is 4.60. The van der Waals surface area contributed by atoms with Crippen molar-refractivity contribution < 1.29 is 24.3 Å². The van der Waals surface area contributed by atoms with Crippen LogP contribution in [0.1, 0.15) is 6.92 Å². The van der Waals surface area contributed by atoms with Crippen LogP contribution in [0, 0.1) is 10.1 Å². The van der Waals surface area contributed by atoms with E-state index in [1.54, 1.807) is 6.92 Å². The van der Waals surface area contributed by atoms with Gasteiger partial charge in [0.25, 0.3) is 0 Å². The lowest BCUT2D eigenvalue weighted by atomic mass is 10.2. The number of hydrogen-bond donors (Lipinski definition) is 1. The van der Waals surface area contributed by atoms with Crippen LogP contribution < -0.4 is 9.47 Å². The summed E-state index contributed by atoms with van der Waals surface area (Å²) in [7, 11) is 0. The third-order valence-electron chi connectivity index (χ3n) is 1.74. The first-order chi connectivity index (χ1) is 8.10. The van der Waals surface area contributed by atoms with Gasteiger partial charge in [0, 0.05) is 6.07 Å². The molecule has 0 bridgehead atoms. The van der Waals surface area contributed by atoms with Gasteiger partial charge >= 0.3 is 5.69 Å². The molecule has 0 aromatic heterocycles. The Bertz CT molecular complexity index is 478. The SMILES string of the molecule is CCOc1c(OC=C=O)cc(O)cc1[N+](=O)[O-]. The summed E-state index contributed by atoms with van der Waals surface area (Å²) in [5.41, 5.74) is -0.443. The summed E-state index contributed by atoms with van der Waals surface area (Å²) in [6.45, 7) is 1.81. The number of rotatable bonds is 5. The van der Waals surface area contributed by atoms with E-state index in [1.165, 1.54) is 5.94 Å². The van der Waals surface area contributed by atoms with Crippen molar-refractivity contribution in [1.29, 1.82) is 0 Å². The number of nitrogens with zero attached hydrogens (tertiary/aromatic N) is 1. The molecule has 0 atom stereocenters. The minimum Gasteiger partial charge on any atom is -0.508 e. The van der Waals surface area contributed by atoms with Crippen molar-refractivity contribution in [3.63, 3.8) is 0 Å². The monoisotopic (exact) mass is 239 g/mol. The average Bonchev–Trinajstić information content (AvgIpc) is 2.28. The van der Waals surface area contributed by atoms with Crippen LogP contribution in [0.3, 0.4) is 0 Å². The summed E-state index contributed by atoms with van der Waals surface area (Å²) in [5, 5.41) is 20.0. The normalized spacial score (nSPS) is 9.24. The Morgan fingerprint density at radius 1 is 1.59 bits per heavy atom. The molecule has 17 heavy (non-hydrogen) atoms. The summed E-state index contributed by atoms with van der Waals surface area (Å²) in [5.74, 6) is 0.709. The van der Waals surface area contributed by atoms with Crippen molar-refractivity contribution in [1.82, 2.24) is 0 Å². The van der Waals surface area contributed by atoms with E-state index in [0.717, 1.165) is 12.1 Å². The van der Waals surface area contributed by atoms with Crippen LogP contribution in [0.2, 0.25) is 0 Å². The second-order valence-electron chi connectivity index (χ2n) is 2.84. The third kappa shape index (κ3) is 2.96. The van der Waals surface area contributed by atoms with Crippen molar-refractivity contribution in [3.05, 3.63) is 28.5 Å². The molecule has 90 valence electrons. The van der Waals surface area contributed by atoms with Gasteiger partial charge in [-0.05, 0) is 6.92 Å². The zero-order valence-electron chi connectivity index (χ0n) is 8.87. The van der Waals surface area contributed by atoms with Gasteiger partial charge < -0.3 is 14.6 Å². The van der Waals surface area contributed by atoms with E-state index in [-0.39, 0.29) is 23.9 Å². The fourth-order valence-corrected chi connectivity index (χ4v) is 1.17. The number of ether oxygens (including phenoxy) is 2. The Morgan fingerprint density at radius 2 is 2.29 bits per heavy atom. The van der Waals surface area contributed by atoms with Gasteiger partial charge in [0.2, 0.25) is 5.75 Å². The Labute approximate surface area is 96.0 Å². The molecule has 0 unspecified atom stereocenters. The lowest BCUT2D eigenvalue weighted by Crippen LogP contribution is -2.00. The van der Waals surface area contributed by atoms with Crippen LogP contribution in [0.5, 0.6) is 17.2 Å². The number of phenolic OH excluding ortho intramolecular Hbond substituents is 1. The molecule has 0 radical (unpaired) electrons. The summed E-state index contributed by atoms with van der Waals surface area (Å²) in [4.78, 5) is 20.0. The first kappa shape index (κ1) is 12.5. The van der Waals surface area contributed by atoms with E-state index < -0.39 is 10.6 Å². The third-order valence-corrected chi connectivity index (χ3v) is 1.74. The van der Waals surface area contributed by atoms with E-state index in [4.69, 9.17) is 9.47 Å². The molecule has 1 aromatic carbocycles. The second kappa shape index (κ2) is 5.53. The Balaban J connectivity index is 3.33. The minimum atomic E-state index is -0.720. The van der Waals surface area contributed by atoms with Crippen molar-refractivity contribution in [2.24, 2.45) is 0 Å². The van der Waals surface area contributed by atoms with Crippen molar-refractivity contribution >= 4 is 11.6 Å². The second-order valence-corrected chi connectivity index (χ2v) is 2.84. The van der Waals surface area contributed by atoms with Gasteiger partial charge in [-0.3, -0.25) is 10.1 Å². The predicted molar refractivity (Wildman–Crippen MR) is 56.8 cm³/mol.